The maximum absolute atomic E-state index is 13.1. The Morgan fingerprint density at radius 2 is 1.73 bits per heavy atom. The van der Waals surface area contributed by atoms with Gasteiger partial charge in [0.2, 0.25) is 0 Å². The van der Waals surface area contributed by atoms with E-state index in [9.17, 15) is 18.4 Å². The number of rotatable bonds is 5. The SMILES string of the molecule is O=C(COC(=O)c1ccc(C2SCCS2)cc1)Nc1ccc(F)c(F)c1. The highest BCUT2D eigenvalue weighted by Gasteiger charge is 2.19. The van der Waals surface area contributed by atoms with Crippen molar-refractivity contribution >= 4 is 41.1 Å². The molecule has 4 nitrogen and oxygen atoms in total. The molecule has 0 atom stereocenters. The summed E-state index contributed by atoms with van der Waals surface area (Å²) in [6, 6.07) is 10.1. The minimum atomic E-state index is -1.07. The first kappa shape index (κ1) is 18.7. The van der Waals surface area contributed by atoms with E-state index in [1.54, 1.807) is 12.1 Å². The summed E-state index contributed by atoms with van der Waals surface area (Å²) < 4.78 is 31.3. The van der Waals surface area contributed by atoms with Gasteiger partial charge in [-0.05, 0) is 29.8 Å². The molecule has 0 unspecified atom stereocenters. The third-order valence-corrected chi connectivity index (χ3v) is 6.68. The molecule has 0 bridgehead atoms. The van der Waals surface area contributed by atoms with E-state index in [4.69, 9.17) is 4.74 Å². The first-order valence-corrected chi connectivity index (χ1v) is 9.88. The number of nitrogens with one attached hydrogen (secondary N) is 1. The lowest BCUT2D eigenvalue weighted by atomic mass is 10.1. The maximum Gasteiger partial charge on any atom is 0.338 e. The van der Waals surface area contributed by atoms with Gasteiger partial charge in [0.25, 0.3) is 5.91 Å². The Hall–Kier alpha value is -2.06. The lowest BCUT2D eigenvalue weighted by Crippen LogP contribution is -2.21. The Labute approximate surface area is 157 Å². The Morgan fingerprint density at radius 1 is 1.04 bits per heavy atom. The van der Waals surface area contributed by atoms with E-state index in [-0.39, 0.29) is 5.69 Å². The molecule has 2 aromatic rings. The summed E-state index contributed by atoms with van der Waals surface area (Å²) in [5, 5.41) is 2.33. The first-order valence-electron chi connectivity index (χ1n) is 7.78. The van der Waals surface area contributed by atoms with Gasteiger partial charge < -0.3 is 10.1 Å². The van der Waals surface area contributed by atoms with Crippen molar-refractivity contribution in [2.45, 2.75) is 4.58 Å². The molecular weight excluding hydrogens is 380 g/mol. The molecule has 8 heteroatoms. The summed E-state index contributed by atoms with van der Waals surface area (Å²) in [4.78, 5) is 23.8. The second-order valence-corrected chi connectivity index (χ2v) is 8.17. The van der Waals surface area contributed by atoms with Gasteiger partial charge in [-0.3, -0.25) is 4.79 Å². The fraction of sp³-hybridized carbons (Fsp3) is 0.222. The van der Waals surface area contributed by atoms with Gasteiger partial charge in [0.15, 0.2) is 18.2 Å². The van der Waals surface area contributed by atoms with Crippen molar-refractivity contribution in [2.75, 3.05) is 23.4 Å². The van der Waals surface area contributed by atoms with Crippen LogP contribution in [0.25, 0.3) is 0 Å². The van der Waals surface area contributed by atoms with Crippen LogP contribution < -0.4 is 5.32 Å². The van der Waals surface area contributed by atoms with Crippen LogP contribution in [-0.4, -0.2) is 30.0 Å². The van der Waals surface area contributed by atoms with E-state index in [1.807, 2.05) is 35.7 Å². The number of carbonyl (C=O) groups is 2. The van der Waals surface area contributed by atoms with Gasteiger partial charge in [-0.15, -0.1) is 23.5 Å². The van der Waals surface area contributed by atoms with Crippen LogP contribution in [0, 0.1) is 11.6 Å². The predicted octanol–water partition coefficient (Wildman–Crippen LogP) is 4.24. The summed E-state index contributed by atoms with van der Waals surface area (Å²) >= 11 is 3.74. The van der Waals surface area contributed by atoms with Crippen LogP contribution in [0.5, 0.6) is 0 Å². The Bertz CT molecular complexity index is 809. The topological polar surface area (TPSA) is 55.4 Å². The van der Waals surface area contributed by atoms with Crippen LogP contribution in [0.4, 0.5) is 14.5 Å². The maximum atomic E-state index is 13.1. The number of thioether (sulfide) groups is 2. The van der Waals surface area contributed by atoms with E-state index < -0.39 is 30.1 Å². The van der Waals surface area contributed by atoms with E-state index in [1.165, 1.54) is 6.07 Å². The Morgan fingerprint density at radius 3 is 2.38 bits per heavy atom. The van der Waals surface area contributed by atoms with Crippen molar-refractivity contribution < 1.29 is 23.1 Å². The molecule has 3 rings (SSSR count). The zero-order valence-electron chi connectivity index (χ0n) is 13.5. The van der Waals surface area contributed by atoms with E-state index >= 15 is 0 Å². The molecule has 1 heterocycles. The van der Waals surface area contributed by atoms with Crippen LogP contribution >= 0.6 is 23.5 Å². The standard InChI is InChI=1S/C18H15F2NO3S2/c19-14-6-5-13(9-15(14)20)21-16(22)10-24-17(23)11-1-3-12(4-2-11)18-25-7-8-26-18/h1-6,9,18H,7-8,10H2,(H,21,22). The van der Waals surface area contributed by atoms with Gasteiger partial charge in [-0.25, -0.2) is 13.6 Å². The average Bonchev–Trinajstić information content (AvgIpc) is 3.18. The van der Waals surface area contributed by atoms with Crippen molar-refractivity contribution in [2.24, 2.45) is 0 Å². The highest BCUT2D eigenvalue weighted by Crippen LogP contribution is 2.45. The van der Waals surface area contributed by atoms with Crippen molar-refractivity contribution in [1.29, 1.82) is 0 Å². The van der Waals surface area contributed by atoms with Gasteiger partial charge in [-0.2, -0.15) is 0 Å². The molecule has 1 aliphatic heterocycles. The molecule has 1 N–H and O–H groups in total. The largest absolute Gasteiger partial charge is 0.452 e. The number of hydrogen-bond acceptors (Lipinski definition) is 5. The average molecular weight is 395 g/mol. The third-order valence-electron chi connectivity index (χ3n) is 3.58. The molecule has 136 valence electrons. The molecule has 26 heavy (non-hydrogen) atoms. The number of ether oxygens (including phenoxy) is 1. The number of amides is 1. The highest BCUT2D eigenvalue weighted by molar-refractivity contribution is 8.19. The second kappa shape index (κ2) is 8.55. The van der Waals surface area contributed by atoms with E-state index in [0.29, 0.717) is 10.1 Å². The van der Waals surface area contributed by atoms with Gasteiger partial charge >= 0.3 is 5.97 Å². The van der Waals surface area contributed by atoms with Crippen LogP contribution in [0.3, 0.4) is 0 Å². The van der Waals surface area contributed by atoms with Crippen molar-refractivity contribution in [1.82, 2.24) is 0 Å². The third kappa shape index (κ3) is 4.76. The highest BCUT2D eigenvalue weighted by atomic mass is 32.2. The molecule has 1 aliphatic rings. The molecule has 0 aromatic heterocycles. The zero-order chi connectivity index (χ0) is 18.5. The summed E-state index contributed by atoms with van der Waals surface area (Å²) in [7, 11) is 0. The molecule has 2 aromatic carbocycles. The summed E-state index contributed by atoms with van der Waals surface area (Å²) in [6.45, 7) is -0.520. The number of esters is 1. The minimum Gasteiger partial charge on any atom is -0.452 e. The van der Waals surface area contributed by atoms with E-state index in [2.05, 4.69) is 5.32 Å². The van der Waals surface area contributed by atoms with Gasteiger partial charge in [0.05, 0.1) is 10.1 Å². The lowest BCUT2D eigenvalue weighted by Gasteiger charge is -2.09. The lowest BCUT2D eigenvalue weighted by molar-refractivity contribution is -0.119. The summed E-state index contributed by atoms with van der Waals surface area (Å²) in [5.41, 5.74) is 1.58. The normalized spacial score (nSPS) is 14.2. The van der Waals surface area contributed by atoms with Crippen LogP contribution in [0.2, 0.25) is 0 Å². The van der Waals surface area contributed by atoms with Crippen molar-refractivity contribution in [3.05, 3.63) is 65.2 Å². The number of hydrogen-bond donors (Lipinski definition) is 1. The van der Waals surface area contributed by atoms with Crippen LogP contribution in [-0.2, 0) is 9.53 Å². The molecule has 0 spiro atoms. The quantitative estimate of drug-likeness (QED) is 0.768. The first-order chi connectivity index (χ1) is 12.5. The van der Waals surface area contributed by atoms with Gasteiger partial charge in [-0.1, -0.05) is 12.1 Å². The summed E-state index contributed by atoms with van der Waals surface area (Å²) in [6.07, 6.45) is 0. The van der Waals surface area contributed by atoms with Crippen molar-refractivity contribution in [3.8, 4) is 0 Å². The summed E-state index contributed by atoms with van der Waals surface area (Å²) in [5.74, 6) is -1.10. The van der Waals surface area contributed by atoms with Crippen LogP contribution in [0.15, 0.2) is 42.5 Å². The van der Waals surface area contributed by atoms with Gasteiger partial charge in [0.1, 0.15) is 0 Å². The molecular formula is C18H15F2NO3S2. The Kier molecular flexibility index (Phi) is 6.16. The molecule has 0 aliphatic carbocycles. The molecule has 0 radical (unpaired) electrons. The predicted molar refractivity (Wildman–Crippen MR) is 99.4 cm³/mol. The monoisotopic (exact) mass is 395 g/mol. The van der Waals surface area contributed by atoms with Crippen molar-refractivity contribution in [3.63, 3.8) is 0 Å². The molecule has 1 saturated heterocycles. The zero-order valence-corrected chi connectivity index (χ0v) is 15.2. The molecule has 1 amide bonds. The molecule has 0 saturated carbocycles. The molecule has 1 fully saturated rings. The number of carbonyl (C=O) groups excluding carboxylic acids is 2. The minimum absolute atomic E-state index is 0.0841. The van der Waals surface area contributed by atoms with Crippen LogP contribution in [0.1, 0.15) is 20.5 Å². The fourth-order valence-electron chi connectivity index (χ4n) is 2.31. The fourth-order valence-corrected chi connectivity index (χ4v) is 5.17. The van der Waals surface area contributed by atoms with E-state index in [0.717, 1.165) is 29.2 Å². The number of anilines is 1. The smallest absolute Gasteiger partial charge is 0.338 e. The number of halogens is 2. The van der Waals surface area contributed by atoms with Gasteiger partial charge in [0, 0.05) is 23.3 Å². The second-order valence-electron chi connectivity index (χ2n) is 5.45. The Balaban J connectivity index is 1.51. The number of benzene rings is 2.